The molecule has 8 heteroatoms. The van der Waals surface area contributed by atoms with Crippen molar-refractivity contribution in [1.82, 2.24) is 20.6 Å². The van der Waals surface area contributed by atoms with Gasteiger partial charge in [0.2, 0.25) is 0 Å². The van der Waals surface area contributed by atoms with E-state index in [1.54, 1.807) is 24.5 Å². The monoisotopic (exact) mass is 493 g/mol. The molecule has 0 saturated heterocycles. The standard InChI is InChI=1S/C17H21Cl2N5.HI/c1-2-20-17(21-9-7-13-3-5-15(18)23-11-13)22-10-8-14-4-6-16(19)24-12-14;/h3-6,11-12H,2,7-10H2,1H3,(H2,20,21,22);1H. The van der Waals surface area contributed by atoms with Crippen molar-refractivity contribution < 1.29 is 0 Å². The largest absolute Gasteiger partial charge is 0.357 e. The summed E-state index contributed by atoms with van der Waals surface area (Å²) in [5.41, 5.74) is 2.25. The molecule has 0 radical (unpaired) electrons. The van der Waals surface area contributed by atoms with Gasteiger partial charge in [-0.15, -0.1) is 24.0 Å². The molecule has 0 bridgehead atoms. The molecule has 136 valence electrons. The molecule has 0 aliphatic heterocycles. The Kier molecular flexibility index (Phi) is 10.8. The second-order valence-corrected chi connectivity index (χ2v) is 5.94. The first-order valence-electron chi connectivity index (χ1n) is 7.90. The summed E-state index contributed by atoms with van der Waals surface area (Å²) in [4.78, 5) is 12.7. The zero-order valence-electron chi connectivity index (χ0n) is 14.0. The lowest BCUT2D eigenvalue weighted by molar-refractivity contribution is 0.795. The second kappa shape index (κ2) is 12.3. The Bertz CT molecular complexity index is 647. The average molecular weight is 494 g/mol. The fraction of sp³-hybridized carbons (Fsp3) is 0.353. The van der Waals surface area contributed by atoms with Crippen LogP contribution in [0.3, 0.4) is 0 Å². The molecular weight excluding hydrogens is 472 g/mol. The van der Waals surface area contributed by atoms with Gasteiger partial charge in [-0.25, -0.2) is 9.97 Å². The zero-order valence-corrected chi connectivity index (χ0v) is 17.8. The summed E-state index contributed by atoms with van der Waals surface area (Å²) in [6.45, 7) is 4.32. The molecule has 2 aromatic heterocycles. The van der Waals surface area contributed by atoms with Gasteiger partial charge in [-0.05, 0) is 43.0 Å². The van der Waals surface area contributed by atoms with Crippen LogP contribution in [0.25, 0.3) is 0 Å². The van der Waals surface area contributed by atoms with Crippen LogP contribution >= 0.6 is 47.2 Å². The van der Waals surface area contributed by atoms with Crippen LogP contribution in [0.5, 0.6) is 0 Å². The van der Waals surface area contributed by atoms with Crippen LogP contribution in [-0.4, -0.2) is 35.6 Å². The molecule has 0 unspecified atom stereocenters. The summed E-state index contributed by atoms with van der Waals surface area (Å²) in [5, 5.41) is 7.58. The van der Waals surface area contributed by atoms with Crippen LogP contribution in [0.15, 0.2) is 41.7 Å². The highest BCUT2D eigenvalue weighted by molar-refractivity contribution is 14.0. The van der Waals surface area contributed by atoms with Crippen molar-refractivity contribution in [3.8, 4) is 0 Å². The lowest BCUT2D eigenvalue weighted by Crippen LogP contribution is -2.38. The summed E-state index contributed by atoms with van der Waals surface area (Å²) in [5.74, 6) is 0.807. The number of halogens is 3. The zero-order chi connectivity index (χ0) is 17.2. The van der Waals surface area contributed by atoms with E-state index in [9.17, 15) is 0 Å². The Hall–Kier alpha value is -1.12. The van der Waals surface area contributed by atoms with Crippen molar-refractivity contribution in [3.05, 3.63) is 58.1 Å². The van der Waals surface area contributed by atoms with E-state index >= 15 is 0 Å². The van der Waals surface area contributed by atoms with E-state index < -0.39 is 0 Å². The van der Waals surface area contributed by atoms with Gasteiger partial charge in [-0.2, -0.15) is 0 Å². The summed E-state index contributed by atoms with van der Waals surface area (Å²) in [7, 11) is 0. The number of guanidine groups is 1. The van der Waals surface area contributed by atoms with Crippen LogP contribution in [0.1, 0.15) is 18.1 Å². The smallest absolute Gasteiger partial charge is 0.191 e. The fourth-order valence-electron chi connectivity index (χ4n) is 2.07. The van der Waals surface area contributed by atoms with Gasteiger partial charge in [0.1, 0.15) is 10.3 Å². The van der Waals surface area contributed by atoms with E-state index in [1.807, 2.05) is 19.1 Å². The van der Waals surface area contributed by atoms with Crippen LogP contribution in [0.4, 0.5) is 0 Å². The lowest BCUT2D eigenvalue weighted by atomic mass is 10.2. The maximum atomic E-state index is 5.79. The molecule has 5 nitrogen and oxygen atoms in total. The van der Waals surface area contributed by atoms with E-state index in [1.165, 1.54) is 0 Å². The highest BCUT2D eigenvalue weighted by Gasteiger charge is 1.99. The Morgan fingerprint density at radius 3 is 2.08 bits per heavy atom. The number of rotatable bonds is 7. The number of hydrogen-bond donors (Lipinski definition) is 2. The normalized spacial score (nSPS) is 10.9. The molecule has 0 saturated carbocycles. The van der Waals surface area contributed by atoms with Crippen molar-refractivity contribution in [2.24, 2.45) is 4.99 Å². The van der Waals surface area contributed by atoms with E-state index in [0.717, 1.165) is 43.0 Å². The number of hydrogen-bond acceptors (Lipinski definition) is 3. The Labute approximate surface area is 175 Å². The van der Waals surface area contributed by atoms with Gasteiger partial charge in [0, 0.05) is 32.0 Å². The maximum Gasteiger partial charge on any atom is 0.191 e. The average Bonchev–Trinajstić information content (AvgIpc) is 2.58. The minimum atomic E-state index is 0. The van der Waals surface area contributed by atoms with Crippen molar-refractivity contribution in [2.75, 3.05) is 19.6 Å². The van der Waals surface area contributed by atoms with Gasteiger partial charge in [0.25, 0.3) is 0 Å². The third kappa shape index (κ3) is 8.69. The molecule has 0 spiro atoms. The fourth-order valence-corrected chi connectivity index (χ4v) is 2.30. The van der Waals surface area contributed by atoms with E-state index in [-0.39, 0.29) is 24.0 Å². The molecule has 0 atom stereocenters. The Morgan fingerprint density at radius 2 is 1.56 bits per heavy atom. The van der Waals surface area contributed by atoms with E-state index in [4.69, 9.17) is 23.2 Å². The first-order chi connectivity index (χ1) is 11.7. The van der Waals surface area contributed by atoms with Crippen molar-refractivity contribution in [2.45, 2.75) is 19.8 Å². The minimum Gasteiger partial charge on any atom is -0.357 e. The number of aromatic nitrogens is 2. The predicted octanol–water partition coefficient (Wildman–Crippen LogP) is 3.74. The molecule has 2 N–H and O–H groups in total. The van der Waals surface area contributed by atoms with Gasteiger partial charge in [-0.3, -0.25) is 4.99 Å². The van der Waals surface area contributed by atoms with Crippen LogP contribution in [0.2, 0.25) is 10.3 Å². The predicted molar refractivity (Wildman–Crippen MR) is 115 cm³/mol. The molecule has 0 aromatic carbocycles. The SMILES string of the molecule is CCNC(=NCCc1ccc(Cl)nc1)NCCc1ccc(Cl)nc1.I. The Morgan fingerprint density at radius 1 is 0.960 bits per heavy atom. The Balaban J connectivity index is 0.00000312. The molecule has 2 rings (SSSR count). The molecule has 2 heterocycles. The molecule has 0 amide bonds. The first kappa shape index (κ1) is 21.9. The van der Waals surface area contributed by atoms with Gasteiger partial charge < -0.3 is 10.6 Å². The molecule has 25 heavy (non-hydrogen) atoms. The van der Waals surface area contributed by atoms with Crippen molar-refractivity contribution >= 4 is 53.1 Å². The van der Waals surface area contributed by atoms with Crippen molar-refractivity contribution in [3.63, 3.8) is 0 Å². The lowest BCUT2D eigenvalue weighted by Gasteiger charge is -2.11. The third-order valence-corrected chi connectivity index (χ3v) is 3.75. The van der Waals surface area contributed by atoms with E-state index in [2.05, 4.69) is 25.6 Å². The number of pyridine rings is 2. The first-order valence-corrected chi connectivity index (χ1v) is 8.66. The third-order valence-electron chi connectivity index (χ3n) is 3.30. The molecular formula is C17H22Cl2IN5. The summed E-state index contributed by atoms with van der Waals surface area (Å²) >= 11 is 11.6. The number of nitrogens with zero attached hydrogens (tertiary/aromatic N) is 3. The van der Waals surface area contributed by atoms with Gasteiger partial charge in [0.05, 0.1) is 0 Å². The van der Waals surface area contributed by atoms with Gasteiger partial charge in [-0.1, -0.05) is 35.3 Å². The topological polar surface area (TPSA) is 62.2 Å². The molecule has 0 fully saturated rings. The summed E-state index contributed by atoms with van der Waals surface area (Å²) in [6, 6.07) is 7.55. The van der Waals surface area contributed by atoms with E-state index in [0.29, 0.717) is 16.9 Å². The number of nitrogens with one attached hydrogen (secondary N) is 2. The summed E-state index contributed by atoms with van der Waals surface area (Å²) in [6.07, 6.45) is 5.25. The summed E-state index contributed by atoms with van der Waals surface area (Å²) < 4.78 is 0. The second-order valence-electron chi connectivity index (χ2n) is 5.17. The van der Waals surface area contributed by atoms with Crippen LogP contribution in [0, 0.1) is 0 Å². The maximum absolute atomic E-state index is 5.79. The molecule has 0 aliphatic carbocycles. The number of aliphatic imine (C=N–C) groups is 1. The highest BCUT2D eigenvalue weighted by atomic mass is 127. The van der Waals surface area contributed by atoms with Crippen LogP contribution in [-0.2, 0) is 12.8 Å². The highest BCUT2D eigenvalue weighted by Crippen LogP contribution is 2.06. The molecule has 0 aliphatic rings. The quantitative estimate of drug-likeness (QED) is 0.267. The van der Waals surface area contributed by atoms with Crippen LogP contribution < -0.4 is 10.6 Å². The van der Waals surface area contributed by atoms with Gasteiger partial charge in [0.15, 0.2) is 5.96 Å². The molecule has 2 aromatic rings. The minimum absolute atomic E-state index is 0. The van der Waals surface area contributed by atoms with Crippen molar-refractivity contribution in [1.29, 1.82) is 0 Å². The van der Waals surface area contributed by atoms with Gasteiger partial charge >= 0.3 is 0 Å².